The molecule has 2 aromatic carbocycles. The zero-order valence-electron chi connectivity index (χ0n) is 21.9. The summed E-state index contributed by atoms with van der Waals surface area (Å²) in [4.78, 5) is 0. The molecule has 0 radical (unpaired) electrons. The summed E-state index contributed by atoms with van der Waals surface area (Å²) in [5, 5.41) is 0. The molecule has 4 heteroatoms. The molecule has 4 aliphatic rings. The van der Waals surface area contributed by atoms with E-state index in [4.69, 9.17) is 13.6 Å². The van der Waals surface area contributed by atoms with Crippen molar-refractivity contribution in [1.29, 1.82) is 0 Å². The molecule has 35 heavy (non-hydrogen) atoms. The van der Waals surface area contributed by atoms with Crippen LogP contribution in [-0.2, 0) is 28.3 Å². The van der Waals surface area contributed by atoms with E-state index in [0.29, 0.717) is 11.8 Å². The van der Waals surface area contributed by atoms with Gasteiger partial charge in [-0.2, -0.15) is 0 Å². The third-order valence-corrected chi connectivity index (χ3v) is 10.3. The summed E-state index contributed by atoms with van der Waals surface area (Å²) in [6.07, 6.45) is 10.9. The van der Waals surface area contributed by atoms with E-state index in [0.717, 1.165) is 31.4 Å². The molecular formula is C31H41O3P. The summed E-state index contributed by atoms with van der Waals surface area (Å²) in [6.45, 7) is 9.46. The molecule has 1 heterocycles. The van der Waals surface area contributed by atoms with Gasteiger partial charge in [0.15, 0.2) is 0 Å². The molecule has 0 amide bonds. The largest absolute Gasteiger partial charge is 0.426 e. The van der Waals surface area contributed by atoms with Gasteiger partial charge in [0, 0.05) is 11.5 Å². The van der Waals surface area contributed by atoms with E-state index < -0.39 is 8.60 Å². The van der Waals surface area contributed by atoms with E-state index >= 15 is 0 Å². The van der Waals surface area contributed by atoms with E-state index in [-0.39, 0.29) is 23.5 Å². The maximum Gasteiger partial charge on any atom is 0.397 e. The average molecular weight is 493 g/mol. The van der Waals surface area contributed by atoms with Gasteiger partial charge in [-0.3, -0.25) is 9.05 Å². The maximum absolute atomic E-state index is 6.88. The van der Waals surface area contributed by atoms with Gasteiger partial charge < -0.3 is 4.52 Å². The quantitative estimate of drug-likeness (QED) is 0.393. The van der Waals surface area contributed by atoms with Crippen LogP contribution in [0, 0.1) is 17.3 Å². The van der Waals surface area contributed by atoms with Crippen LogP contribution in [0.4, 0.5) is 0 Å². The normalized spacial score (nSPS) is 32.3. The minimum Gasteiger partial charge on any atom is -0.426 e. The van der Waals surface area contributed by atoms with Gasteiger partial charge in [0.2, 0.25) is 0 Å². The van der Waals surface area contributed by atoms with Crippen molar-refractivity contribution in [3.05, 3.63) is 64.2 Å². The van der Waals surface area contributed by atoms with Crippen molar-refractivity contribution in [2.45, 2.75) is 104 Å². The lowest BCUT2D eigenvalue weighted by molar-refractivity contribution is -0.00345. The van der Waals surface area contributed by atoms with Crippen molar-refractivity contribution in [3.63, 3.8) is 0 Å². The summed E-state index contributed by atoms with van der Waals surface area (Å²) < 4.78 is 20.5. The maximum atomic E-state index is 6.88. The Hall–Kier alpha value is -1.41. The van der Waals surface area contributed by atoms with Gasteiger partial charge >= 0.3 is 8.60 Å². The summed E-state index contributed by atoms with van der Waals surface area (Å²) >= 11 is 0. The van der Waals surface area contributed by atoms with Gasteiger partial charge in [-0.25, -0.2) is 0 Å². The van der Waals surface area contributed by atoms with Gasteiger partial charge in [-0.05, 0) is 96.9 Å². The van der Waals surface area contributed by atoms with Crippen LogP contribution < -0.4 is 4.52 Å². The van der Waals surface area contributed by atoms with Crippen LogP contribution in [0.15, 0.2) is 36.4 Å². The zero-order valence-corrected chi connectivity index (χ0v) is 22.8. The van der Waals surface area contributed by atoms with E-state index in [9.17, 15) is 0 Å². The first kappa shape index (κ1) is 24.0. The second kappa shape index (κ2) is 9.47. The Bertz CT molecular complexity index is 1070. The Morgan fingerprint density at radius 3 is 2.60 bits per heavy atom. The van der Waals surface area contributed by atoms with E-state index in [1.807, 2.05) is 0 Å². The molecule has 3 aliphatic carbocycles. The molecule has 0 N–H and O–H groups in total. The number of fused-ring (bicyclic) bond motifs is 7. The van der Waals surface area contributed by atoms with E-state index in [1.165, 1.54) is 59.9 Å². The lowest BCUT2D eigenvalue weighted by atomic mass is 9.68. The van der Waals surface area contributed by atoms with Crippen LogP contribution >= 0.6 is 8.60 Å². The minimum absolute atomic E-state index is 0.111. The van der Waals surface area contributed by atoms with Crippen molar-refractivity contribution in [3.8, 4) is 5.75 Å². The highest BCUT2D eigenvalue weighted by Crippen LogP contribution is 2.58. The molecule has 0 bridgehead atoms. The fraction of sp³-hybridized carbons (Fsp3) is 0.613. The standard InChI is InChI=1S/C31H41O3P/c1-20-13-16-25(31(2,3)4)28(19-20)34-35-32-26-17-14-21-9-5-7-11-23(21)29(26)30-24-12-8-6-10-22(24)15-18-27(30)33-35/h5,7,9,11,15,18,20,25-26,28-29H,6,8,10,12-14,16-17,19H2,1-4H3/t20-,25-,26?,28-,29+,35?/m1/s1. The number of rotatable bonds is 2. The summed E-state index contributed by atoms with van der Waals surface area (Å²) in [7, 11) is -1.45. The van der Waals surface area contributed by atoms with Crippen molar-refractivity contribution < 1.29 is 13.6 Å². The Morgan fingerprint density at radius 2 is 1.74 bits per heavy atom. The fourth-order valence-corrected chi connectivity index (χ4v) is 8.60. The van der Waals surface area contributed by atoms with Gasteiger partial charge in [-0.15, -0.1) is 0 Å². The lowest BCUT2D eigenvalue weighted by Crippen LogP contribution is -2.38. The molecule has 0 saturated heterocycles. The highest BCUT2D eigenvalue weighted by molar-refractivity contribution is 7.42. The molecule has 1 fully saturated rings. The molecule has 3 nitrogen and oxygen atoms in total. The molecule has 2 aromatic rings. The SMILES string of the molecule is C[C@@H]1CC[C@@H](C(C)(C)C)[C@H](OP2Oc3ccc4c(c3[C@H]3c5ccccc5CCC3O2)CCCC4)C1. The number of benzene rings is 2. The van der Waals surface area contributed by atoms with E-state index in [1.54, 1.807) is 0 Å². The van der Waals surface area contributed by atoms with E-state index in [2.05, 4.69) is 64.1 Å². The lowest BCUT2D eigenvalue weighted by Gasteiger charge is -2.42. The van der Waals surface area contributed by atoms with Crippen LogP contribution in [0.2, 0.25) is 0 Å². The first-order valence-electron chi connectivity index (χ1n) is 13.9. The molecule has 1 aliphatic heterocycles. The van der Waals surface area contributed by atoms with Gasteiger partial charge in [-0.1, -0.05) is 64.4 Å². The van der Waals surface area contributed by atoms with Crippen LogP contribution in [-0.4, -0.2) is 12.2 Å². The number of aryl methyl sites for hydroxylation is 2. The first-order chi connectivity index (χ1) is 16.9. The number of hydrogen-bond acceptors (Lipinski definition) is 3. The van der Waals surface area contributed by atoms with Gasteiger partial charge in [0.25, 0.3) is 0 Å². The zero-order chi connectivity index (χ0) is 24.2. The number of hydrogen-bond donors (Lipinski definition) is 0. The van der Waals surface area contributed by atoms with Crippen LogP contribution in [0.1, 0.15) is 100.0 Å². The van der Waals surface area contributed by atoms with Crippen LogP contribution in [0.5, 0.6) is 5.75 Å². The Kier molecular flexibility index (Phi) is 6.48. The second-order valence-electron chi connectivity index (χ2n) is 12.5. The molecule has 0 aromatic heterocycles. The molecule has 6 rings (SSSR count). The fourth-order valence-electron chi connectivity index (χ4n) is 7.25. The highest BCUT2D eigenvalue weighted by atomic mass is 31.2. The molecule has 1 saturated carbocycles. The van der Waals surface area contributed by atoms with Crippen molar-refractivity contribution in [1.82, 2.24) is 0 Å². The third kappa shape index (κ3) is 4.58. The molecule has 0 spiro atoms. The predicted octanol–water partition coefficient (Wildman–Crippen LogP) is 8.52. The van der Waals surface area contributed by atoms with Crippen LogP contribution in [0.25, 0.3) is 0 Å². The third-order valence-electron chi connectivity index (χ3n) is 9.09. The summed E-state index contributed by atoms with van der Waals surface area (Å²) in [5.41, 5.74) is 7.56. The molecule has 2 unspecified atom stereocenters. The predicted molar refractivity (Wildman–Crippen MR) is 143 cm³/mol. The van der Waals surface area contributed by atoms with Crippen molar-refractivity contribution in [2.24, 2.45) is 17.3 Å². The minimum atomic E-state index is -1.45. The highest BCUT2D eigenvalue weighted by Gasteiger charge is 2.44. The molecule has 6 atom stereocenters. The van der Waals surface area contributed by atoms with Crippen LogP contribution in [0.3, 0.4) is 0 Å². The average Bonchev–Trinajstić information content (AvgIpc) is 3.00. The van der Waals surface area contributed by atoms with Gasteiger partial charge in [0.05, 0.1) is 12.2 Å². The van der Waals surface area contributed by atoms with Crippen molar-refractivity contribution in [2.75, 3.05) is 0 Å². The molecule has 188 valence electrons. The second-order valence-corrected chi connectivity index (χ2v) is 13.6. The molecular weight excluding hydrogens is 451 g/mol. The smallest absolute Gasteiger partial charge is 0.397 e. The Morgan fingerprint density at radius 1 is 0.914 bits per heavy atom. The Balaban J connectivity index is 1.39. The first-order valence-corrected chi connectivity index (χ1v) is 15.0. The summed E-state index contributed by atoms with van der Waals surface area (Å²) in [5.74, 6) is 2.47. The van der Waals surface area contributed by atoms with Crippen molar-refractivity contribution >= 4 is 8.60 Å². The Labute approximate surface area is 212 Å². The summed E-state index contributed by atoms with van der Waals surface area (Å²) in [6, 6.07) is 13.6. The monoisotopic (exact) mass is 492 g/mol. The van der Waals surface area contributed by atoms with Gasteiger partial charge in [0.1, 0.15) is 5.75 Å². The topological polar surface area (TPSA) is 27.7 Å².